The van der Waals surface area contributed by atoms with Gasteiger partial charge in [-0.2, -0.15) is 0 Å². The second-order valence-electron chi connectivity index (χ2n) is 6.10. The highest BCUT2D eigenvalue weighted by molar-refractivity contribution is 7.20. The summed E-state index contributed by atoms with van der Waals surface area (Å²) in [4.78, 5) is 6.85. The summed E-state index contributed by atoms with van der Waals surface area (Å²) >= 11 is 16.3. The van der Waals surface area contributed by atoms with Crippen LogP contribution in [0, 0.1) is 0 Å². The lowest BCUT2D eigenvalue weighted by atomic mass is 9.88. The molecule has 3 aromatic heterocycles. The normalized spacial score (nSPS) is 20.3. The van der Waals surface area contributed by atoms with E-state index in [-0.39, 0.29) is 12.0 Å². The SMILES string of the molecule is N[C@@H]1CC=CC[C@H]1c1sc2c(NCc3cccs3)cc(Cl)nc2c1Cl. The van der Waals surface area contributed by atoms with Crippen molar-refractivity contribution in [3.8, 4) is 0 Å². The summed E-state index contributed by atoms with van der Waals surface area (Å²) in [5, 5.41) is 6.69. The molecular formula is C18H17Cl2N3S2. The van der Waals surface area contributed by atoms with Gasteiger partial charge < -0.3 is 11.1 Å². The van der Waals surface area contributed by atoms with Gasteiger partial charge in [0.25, 0.3) is 0 Å². The van der Waals surface area contributed by atoms with E-state index in [1.807, 2.05) is 6.07 Å². The molecule has 25 heavy (non-hydrogen) atoms. The first-order valence-electron chi connectivity index (χ1n) is 8.08. The number of aromatic nitrogens is 1. The van der Waals surface area contributed by atoms with Crippen molar-refractivity contribution in [2.75, 3.05) is 5.32 Å². The number of nitrogens with zero attached hydrogens (tertiary/aromatic N) is 1. The number of nitrogens with one attached hydrogen (secondary N) is 1. The van der Waals surface area contributed by atoms with Crippen molar-refractivity contribution in [3.05, 3.63) is 55.7 Å². The lowest BCUT2D eigenvalue weighted by Crippen LogP contribution is -2.29. The number of hydrogen-bond donors (Lipinski definition) is 2. The number of rotatable bonds is 4. The van der Waals surface area contributed by atoms with Crippen molar-refractivity contribution in [1.29, 1.82) is 0 Å². The van der Waals surface area contributed by atoms with Gasteiger partial charge in [-0.3, -0.25) is 0 Å². The second kappa shape index (κ2) is 7.25. The van der Waals surface area contributed by atoms with E-state index in [2.05, 4.69) is 40.0 Å². The molecule has 0 unspecified atom stereocenters. The van der Waals surface area contributed by atoms with Crippen LogP contribution >= 0.6 is 45.9 Å². The smallest absolute Gasteiger partial charge is 0.131 e. The van der Waals surface area contributed by atoms with Crippen molar-refractivity contribution < 1.29 is 0 Å². The van der Waals surface area contributed by atoms with Gasteiger partial charge in [0.1, 0.15) is 10.7 Å². The Labute approximate surface area is 164 Å². The Bertz CT molecular complexity index is 918. The highest BCUT2D eigenvalue weighted by atomic mass is 35.5. The molecule has 0 aromatic carbocycles. The molecule has 0 saturated carbocycles. The maximum absolute atomic E-state index is 6.68. The predicted octanol–water partition coefficient (Wildman–Crippen LogP) is 6.04. The van der Waals surface area contributed by atoms with E-state index in [0.29, 0.717) is 10.2 Å². The number of nitrogens with two attached hydrogens (primary N) is 1. The van der Waals surface area contributed by atoms with Crippen LogP contribution in [0.4, 0.5) is 5.69 Å². The maximum atomic E-state index is 6.68. The quantitative estimate of drug-likeness (QED) is 0.407. The molecule has 2 atom stereocenters. The molecule has 0 fully saturated rings. The minimum Gasteiger partial charge on any atom is -0.379 e. The van der Waals surface area contributed by atoms with Crippen molar-refractivity contribution in [3.63, 3.8) is 0 Å². The van der Waals surface area contributed by atoms with E-state index in [4.69, 9.17) is 28.9 Å². The zero-order valence-electron chi connectivity index (χ0n) is 13.3. The van der Waals surface area contributed by atoms with Crippen LogP contribution in [-0.4, -0.2) is 11.0 Å². The Hall–Kier alpha value is -1.11. The number of halogens is 2. The molecule has 3 N–H and O–H groups in total. The highest BCUT2D eigenvalue weighted by Crippen LogP contribution is 2.45. The van der Waals surface area contributed by atoms with Crippen LogP contribution in [0.5, 0.6) is 0 Å². The lowest BCUT2D eigenvalue weighted by molar-refractivity contribution is 0.528. The molecule has 0 spiro atoms. The zero-order valence-corrected chi connectivity index (χ0v) is 16.5. The van der Waals surface area contributed by atoms with Gasteiger partial charge in [-0.25, -0.2) is 4.98 Å². The molecule has 0 radical (unpaired) electrons. The van der Waals surface area contributed by atoms with Crippen LogP contribution in [0.3, 0.4) is 0 Å². The Kier molecular flexibility index (Phi) is 5.02. The number of anilines is 1. The summed E-state index contributed by atoms with van der Waals surface area (Å²) in [7, 11) is 0. The van der Waals surface area contributed by atoms with Gasteiger partial charge in [-0.1, -0.05) is 41.4 Å². The topological polar surface area (TPSA) is 50.9 Å². The zero-order chi connectivity index (χ0) is 17.4. The van der Waals surface area contributed by atoms with Gasteiger partial charge in [0.05, 0.1) is 15.4 Å². The molecule has 3 aromatic rings. The van der Waals surface area contributed by atoms with Gasteiger partial charge in [-0.15, -0.1) is 22.7 Å². The second-order valence-corrected chi connectivity index (χ2v) is 8.95. The van der Waals surface area contributed by atoms with Crippen molar-refractivity contribution in [2.24, 2.45) is 5.73 Å². The van der Waals surface area contributed by atoms with Gasteiger partial charge in [0, 0.05) is 34.3 Å². The van der Waals surface area contributed by atoms with E-state index < -0.39 is 0 Å². The number of thiophene rings is 2. The first kappa shape index (κ1) is 17.3. The van der Waals surface area contributed by atoms with Gasteiger partial charge in [0.2, 0.25) is 0 Å². The first-order chi connectivity index (χ1) is 12.1. The third-order valence-corrected chi connectivity index (χ3v) is 7.34. The van der Waals surface area contributed by atoms with Gasteiger partial charge >= 0.3 is 0 Å². The fourth-order valence-electron chi connectivity index (χ4n) is 3.13. The molecule has 130 valence electrons. The molecule has 0 aliphatic heterocycles. The number of hydrogen-bond acceptors (Lipinski definition) is 5. The standard InChI is InChI=1S/C18H17Cl2N3S2/c19-14-8-13(22-9-10-4-3-7-24-10)18-16(23-14)15(20)17(25-18)11-5-1-2-6-12(11)21/h1-4,7-8,11-12H,5-6,9,21H2,(H,22,23)/t11-,12-/m1/s1. The fraction of sp³-hybridized carbons (Fsp3) is 0.278. The van der Waals surface area contributed by atoms with Crippen molar-refractivity contribution in [1.82, 2.24) is 4.98 Å². The number of allylic oxidation sites excluding steroid dienone is 1. The predicted molar refractivity (Wildman–Crippen MR) is 110 cm³/mol. The monoisotopic (exact) mass is 409 g/mol. The van der Waals surface area contributed by atoms with E-state index in [9.17, 15) is 0 Å². The third kappa shape index (κ3) is 3.44. The summed E-state index contributed by atoms with van der Waals surface area (Å²) in [5.74, 6) is 0.237. The summed E-state index contributed by atoms with van der Waals surface area (Å²) in [5.41, 5.74) is 8.07. The Morgan fingerprint density at radius 2 is 2.12 bits per heavy atom. The molecule has 1 aliphatic rings. The molecule has 0 amide bonds. The van der Waals surface area contributed by atoms with Crippen LogP contribution in [0.2, 0.25) is 10.2 Å². The molecule has 0 saturated heterocycles. The highest BCUT2D eigenvalue weighted by Gasteiger charge is 2.27. The largest absolute Gasteiger partial charge is 0.379 e. The van der Waals surface area contributed by atoms with Gasteiger partial charge in [0.15, 0.2) is 0 Å². The van der Waals surface area contributed by atoms with Crippen LogP contribution in [0.25, 0.3) is 10.2 Å². The van der Waals surface area contributed by atoms with Crippen molar-refractivity contribution >= 4 is 61.8 Å². The third-order valence-electron chi connectivity index (χ3n) is 4.43. The van der Waals surface area contributed by atoms with E-state index >= 15 is 0 Å². The maximum Gasteiger partial charge on any atom is 0.131 e. The number of pyridine rings is 1. The Morgan fingerprint density at radius 3 is 2.88 bits per heavy atom. The molecule has 3 heterocycles. The average molecular weight is 410 g/mol. The summed E-state index contributed by atoms with van der Waals surface area (Å²) < 4.78 is 1.04. The van der Waals surface area contributed by atoms with Crippen molar-refractivity contribution in [2.45, 2.75) is 31.3 Å². The van der Waals surface area contributed by atoms with E-state index in [1.54, 1.807) is 22.7 Å². The average Bonchev–Trinajstić information content (AvgIpc) is 3.22. The lowest BCUT2D eigenvalue weighted by Gasteiger charge is -2.24. The molecule has 3 nitrogen and oxygen atoms in total. The van der Waals surface area contributed by atoms with Crippen LogP contribution in [-0.2, 0) is 6.54 Å². The molecule has 4 rings (SSSR count). The fourth-order valence-corrected chi connectivity index (χ4v) is 5.73. The van der Waals surface area contributed by atoms with E-state index in [0.717, 1.165) is 40.2 Å². The Morgan fingerprint density at radius 1 is 1.28 bits per heavy atom. The first-order valence-corrected chi connectivity index (χ1v) is 10.5. The molecular weight excluding hydrogens is 393 g/mol. The van der Waals surface area contributed by atoms with E-state index in [1.165, 1.54) is 4.88 Å². The minimum absolute atomic E-state index is 0.0913. The van der Waals surface area contributed by atoms with Gasteiger partial charge in [-0.05, 0) is 24.3 Å². The van der Waals surface area contributed by atoms with Crippen LogP contribution < -0.4 is 11.1 Å². The summed E-state index contributed by atoms with van der Waals surface area (Å²) in [6.07, 6.45) is 6.13. The van der Waals surface area contributed by atoms with Crippen LogP contribution in [0.15, 0.2) is 35.7 Å². The Balaban J connectivity index is 1.73. The summed E-state index contributed by atoms with van der Waals surface area (Å²) in [6.45, 7) is 0.754. The molecule has 0 bridgehead atoms. The number of fused-ring (bicyclic) bond motifs is 1. The minimum atomic E-state index is 0.0913. The molecule has 7 heteroatoms. The summed E-state index contributed by atoms with van der Waals surface area (Å²) in [6, 6.07) is 6.12. The van der Waals surface area contributed by atoms with Crippen LogP contribution in [0.1, 0.15) is 28.5 Å². The molecule has 1 aliphatic carbocycles.